The molecule has 3 aromatic rings. The molecule has 2 aromatic heterocycles. The number of aliphatic hydroxyl groups is 1. The van der Waals surface area contributed by atoms with Gasteiger partial charge in [-0.25, -0.2) is 9.97 Å². The van der Waals surface area contributed by atoms with E-state index < -0.39 is 0 Å². The van der Waals surface area contributed by atoms with Crippen LogP contribution in [0.15, 0.2) is 35.7 Å². The molecule has 1 fully saturated rings. The van der Waals surface area contributed by atoms with Crippen molar-refractivity contribution in [2.45, 2.75) is 45.3 Å². The summed E-state index contributed by atoms with van der Waals surface area (Å²) in [7, 11) is 0. The lowest BCUT2D eigenvalue weighted by Crippen LogP contribution is -2.42. The van der Waals surface area contributed by atoms with Crippen molar-refractivity contribution in [1.29, 1.82) is 0 Å². The minimum Gasteiger partial charge on any atom is -0.392 e. The van der Waals surface area contributed by atoms with Gasteiger partial charge in [-0.2, -0.15) is 0 Å². The Morgan fingerprint density at radius 3 is 2.68 bits per heavy atom. The van der Waals surface area contributed by atoms with Crippen LogP contribution in [0.3, 0.4) is 0 Å². The Labute approximate surface area is 170 Å². The van der Waals surface area contributed by atoms with E-state index >= 15 is 0 Å². The van der Waals surface area contributed by atoms with Crippen LogP contribution in [0, 0.1) is 6.92 Å². The minimum absolute atomic E-state index is 0.215. The van der Waals surface area contributed by atoms with Gasteiger partial charge >= 0.3 is 0 Å². The van der Waals surface area contributed by atoms with Gasteiger partial charge in [0.15, 0.2) is 0 Å². The molecule has 1 aliphatic rings. The summed E-state index contributed by atoms with van der Waals surface area (Å²) in [6, 6.07) is 10.9. The molecule has 0 amide bonds. The van der Waals surface area contributed by atoms with Crippen LogP contribution in [0.25, 0.3) is 21.3 Å². The van der Waals surface area contributed by atoms with Gasteiger partial charge in [0.05, 0.1) is 11.5 Å². The second-order valence-corrected chi connectivity index (χ2v) is 8.45. The fourth-order valence-electron chi connectivity index (χ4n) is 3.86. The van der Waals surface area contributed by atoms with Crippen molar-refractivity contribution in [3.63, 3.8) is 0 Å². The molecule has 3 heterocycles. The monoisotopic (exact) mass is 396 g/mol. The Morgan fingerprint density at radius 2 is 1.96 bits per heavy atom. The number of anilines is 1. The van der Waals surface area contributed by atoms with Crippen molar-refractivity contribution in [3.05, 3.63) is 41.5 Å². The number of aryl methyl sites for hydroxylation is 1. The molecule has 148 valence electrons. The molecule has 1 atom stereocenters. The van der Waals surface area contributed by atoms with Gasteiger partial charge in [-0.1, -0.05) is 37.3 Å². The average Bonchev–Trinajstić information content (AvgIpc) is 3.14. The van der Waals surface area contributed by atoms with Crippen molar-refractivity contribution in [3.8, 4) is 11.1 Å². The van der Waals surface area contributed by atoms with E-state index in [1.807, 2.05) is 19.9 Å². The predicted octanol–water partition coefficient (Wildman–Crippen LogP) is 4.31. The highest BCUT2D eigenvalue weighted by Gasteiger charge is 2.22. The first kappa shape index (κ1) is 19.3. The Morgan fingerprint density at radius 1 is 1.21 bits per heavy atom. The van der Waals surface area contributed by atoms with E-state index in [4.69, 9.17) is 4.98 Å². The van der Waals surface area contributed by atoms with Crippen LogP contribution in [-0.4, -0.2) is 51.8 Å². The highest BCUT2D eigenvalue weighted by Crippen LogP contribution is 2.37. The lowest BCUT2D eigenvalue weighted by Gasteiger charge is -2.33. The zero-order valence-corrected chi connectivity index (χ0v) is 17.4. The third-order valence-corrected chi connectivity index (χ3v) is 6.37. The third-order valence-electron chi connectivity index (χ3n) is 5.50. The number of nitrogens with one attached hydrogen (secondary N) is 1. The van der Waals surface area contributed by atoms with Gasteiger partial charge in [-0.15, -0.1) is 11.3 Å². The molecule has 1 aromatic carbocycles. The summed E-state index contributed by atoms with van der Waals surface area (Å²) in [6.45, 7) is 6.80. The Hall–Kier alpha value is -2.02. The number of rotatable bonds is 6. The van der Waals surface area contributed by atoms with Crippen LogP contribution in [0.2, 0.25) is 0 Å². The Balaban J connectivity index is 1.55. The van der Waals surface area contributed by atoms with Crippen molar-refractivity contribution in [1.82, 2.24) is 14.9 Å². The van der Waals surface area contributed by atoms with Gasteiger partial charge in [0, 0.05) is 36.6 Å². The molecule has 0 radical (unpaired) electrons. The SMILES string of the molecule is CCC(O)CN1CCC(Nc2nc(C)nc3scc(-c4ccccc4)c23)CC1. The molecular weight excluding hydrogens is 368 g/mol. The number of hydrogen-bond acceptors (Lipinski definition) is 6. The number of likely N-dealkylation sites (tertiary alicyclic amines) is 1. The lowest BCUT2D eigenvalue weighted by molar-refractivity contribution is 0.0962. The van der Waals surface area contributed by atoms with Crippen LogP contribution in [0.1, 0.15) is 32.0 Å². The van der Waals surface area contributed by atoms with Gasteiger partial charge in [0.1, 0.15) is 16.5 Å². The van der Waals surface area contributed by atoms with Gasteiger partial charge < -0.3 is 15.3 Å². The zero-order valence-electron chi connectivity index (χ0n) is 16.6. The zero-order chi connectivity index (χ0) is 19.5. The molecule has 1 unspecified atom stereocenters. The maximum absolute atomic E-state index is 9.90. The van der Waals surface area contributed by atoms with Crippen molar-refractivity contribution in [2.24, 2.45) is 0 Å². The Bertz CT molecular complexity index is 919. The summed E-state index contributed by atoms with van der Waals surface area (Å²) >= 11 is 1.68. The smallest absolute Gasteiger partial charge is 0.139 e. The normalized spacial score (nSPS) is 17.1. The van der Waals surface area contributed by atoms with Crippen LogP contribution >= 0.6 is 11.3 Å². The van der Waals surface area contributed by atoms with E-state index in [-0.39, 0.29) is 6.10 Å². The fourth-order valence-corrected chi connectivity index (χ4v) is 4.86. The molecule has 0 spiro atoms. The predicted molar refractivity (Wildman–Crippen MR) is 117 cm³/mol. The second-order valence-electron chi connectivity index (χ2n) is 7.60. The minimum atomic E-state index is -0.215. The number of fused-ring (bicyclic) bond motifs is 1. The summed E-state index contributed by atoms with van der Waals surface area (Å²) in [5.41, 5.74) is 2.40. The maximum Gasteiger partial charge on any atom is 0.139 e. The van der Waals surface area contributed by atoms with Crippen LogP contribution in [-0.2, 0) is 0 Å². The van der Waals surface area contributed by atoms with E-state index in [2.05, 4.69) is 44.8 Å². The van der Waals surface area contributed by atoms with E-state index in [1.54, 1.807) is 11.3 Å². The number of aromatic nitrogens is 2. The highest BCUT2D eigenvalue weighted by atomic mass is 32.1. The summed E-state index contributed by atoms with van der Waals surface area (Å²) < 4.78 is 0. The van der Waals surface area contributed by atoms with Gasteiger partial charge in [0.25, 0.3) is 0 Å². The number of benzene rings is 1. The quantitative estimate of drug-likeness (QED) is 0.650. The van der Waals surface area contributed by atoms with Crippen molar-refractivity contribution < 1.29 is 5.11 Å². The number of aliphatic hydroxyl groups excluding tert-OH is 1. The van der Waals surface area contributed by atoms with E-state index in [9.17, 15) is 5.11 Å². The second kappa shape index (κ2) is 8.55. The molecule has 0 saturated carbocycles. The van der Waals surface area contributed by atoms with Crippen LogP contribution in [0.4, 0.5) is 5.82 Å². The van der Waals surface area contributed by atoms with Crippen molar-refractivity contribution >= 4 is 27.4 Å². The number of β-amino-alcohol motifs (C(OH)–C–C–N with tert-alkyl or cyclic N) is 1. The van der Waals surface area contributed by atoms with Gasteiger partial charge in [0.2, 0.25) is 0 Å². The summed E-state index contributed by atoms with van der Waals surface area (Å²) in [5.74, 6) is 1.76. The first-order valence-electron chi connectivity index (χ1n) is 10.1. The van der Waals surface area contributed by atoms with Gasteiger partial charge in [-0.3, -0.25) is 0 Å². The molecule has 1 aliphatic heterocycles. The molecule has 1 saturated heterocycles. The van der Waals surface area contributed by atoms with E-state index in [0.717, 1.165) is 60.8 Å². The summed E-state index contributed by atoms with van der Waals surface area (Å²) in [4.78, 5) is 12.8. The first-order valence-corrected chi connectivity index (χ1v) is 11.0. The largest absolute Gasteiger partial charge is 0.392 e. The molecule has 28 heavy (non-hydrogen) atoms. The van der Waals surface area contributed by atoms with E-state index in [1.165, 1.54) is 11.1 Å². The van der Waals surface area contributed by atoms with Crippen molar-refractivity contribution in [2.75, 3.05) is 25.0 Å². The van der Waals surface area contributed by atoms with Crippen LogP contribution < -0.4 is 5.32 Å². The number of hydrogen-bond donors (Lipinski definition) is 2. The lowest BCUT2D eigenvalue weighted by atomic mass is 10.0. The topological polar surface area (TPSA) is 61.3 Å². The summed E-state index contributed by atoms with van der Waals surface area (Å²) in [5, 5.41) is 16.9. The van der Waals surface area contributed by atoms with Gasteiger partial charge in [-0.05, 0) is 31.7 Å². The van der Waals surface area contributed by atoms with Crippen LogP contribution in [0.5, 0.6) is 0 Å². The molecule has 2 N–H and O–H groups in total. The molecule has 5 nitrogen and oxygen atoms in total. The number of thiophene rings is 1. The molecular formula is C22H28N4OS. The Kier molecular flexibility index (Phi) is 5.90. The number of piperidine rings is 1. The molecule has 6 heteroatoms. The molecule has 4 rings (SSSR count). The third kappa shape index (κ3) is 4.19. The molecule has 0 aliphatic carbocycles. The average molecular weight is 397 g/mol. The maximum atomic E-state index is 9.90. The standard InChI is InChI=1S/C22H28N4OS/c1-3-18(27)13-26-11-9-17(10-12-26)25-21-20-19(16-7-5-4-6-8-16)14-28-22(20)24-15(2)23-21/h4-8,14,17-18,27H,3,9-13H2,1-2H3,(H,23,24,25). The first-order chi connectivity index (χ1) is 13.6. The molecule has 0 bridgehead atoms. The number of nitrogens with zero attached hydrogens (tertiary/aromatic N) is 3. The van der Waals surface area contributed by atoms with E-state index in [0.29, 0.717) is 6.04 Å². The summed E-state index contributed by atoms with van der Waals surface area (Å²) in [6.07, 6.45) is 2.72. The highest BCUT2D eigenvalue weighted by molar-refractivity contribution is 7.17. The fraction of sp³-hybridized carbons (Fsp3) is 0.455.